The molecule has 0 saturated heterocycles. The van der Waals surface area contributed by atoms with Gasteiger partial charge in [-0.2, -0.15) is 5.10 Å². The van der Waals surface area contributed by atoms with Gasteiger partial charge in [0.25, 0.3) is 10.0 Å². The first-order chi connectivity index (χ1) is 8.42. The second kappa shape index (κ2) is 4.38. The molecule has 0 radical (unpaired) electrons. The number of hydrogen-bond donors (Lipinski definition) is 3. The molecule has 0 spiro atoms. The predicted octanol–water partition coefficient (Wildman–Crippen LogP) is 0.674. The molecule has 10 heteroatoms. The first kappa shape index (κ1) is 12.5. The van der Waals surface area contributed by atoms with Crippen LogP contribution in [-0.2, 0) is 10.0 Å². The van der Waals surface area contributed by atoms with Crippen LogP contribution in [-0.4, -0.2) is 34.7 Å². The molecule has 0 unspecified atom stereocenters. The summed E-state index contributed by atoms with van der Waals surface area (Å²) < 4.78 is 26.3. The lowest BCUT2D eigenvalue weighted by Crippen LogP contribution is -2.16. The fourth-order valence-electron chi connectivity index (χ4n) is 1.33. The number of aromatic amines is 1. The average molecular weight is 288 g/mol. The maximum atomic E-state index is 12.0. The van der Waals surface area contributed by atoms with E-state index in [1.54, 1.807) is 5.38 Å². The van der Waals surface area contributed by atoms with Gasteiger partial charge in [0, 0.05) is 11.6 Å². The number of nitrogens with one attached hydrogen (secondary N) is 2. The van der Waals surface area contributed by atoms with Crippen molar-refractivity contribution in [3.8, 4) is 0 Å². The smallest absolute Gasteiger partial charge is 0.357 e. The van der Waals surface area contributed by atoms with Crippen LogP contribution in [0.5, 0.6) is 0 Å². The average Bonchev–Trinajstić information content (AvgIpc) is 2.86. The molecular formula is C8H8N4O4S2. The number of carboxylic acids is 1. The van der Waals surface area contributed by atoms with Crippen LogP contribution in [0.3, 0.4) is 0 Å². The van der Waals surface area contributed by atoms with Crippen LogP contribution < -0.4 is 4.72 Å². The molecule has 0 fully saturated rings. The van der Waals surface area contributed by atoms with E-state index in [1.165, 1.54) is 13.1 Å². The van der Waals surface area contributed by atoms with Crippen molar-refractivity contribution < 1.29 is 18.3 Å². The lowest BCUT2D eigenvalue weighted by Gasteiger charge is -2.04. The van der Waals surface area contributed by atoms with E-state index in [9.17, 15) is 13.2 Å². The lowest BCUT2D eigenvalue weighted by molar-refractivity contribution is 0.0686. The van der Waals surface area contributed by atoms with E-state index in [-0.39, 0.29) is 15.7 Å². The van der Waals surface area contributed by atoms with E-state index in [2.05, 4.69) is 19.9 Å². The Labute approximate surface area is 106 Å². The Kier molecular flexibility index (Phi) is 3.05. The number of aryl methyl sites for hydroxylation is 1. The monoisotopic (exact) mass is 288 g/mol. The number of anilines is 1. The zero-order chi connectivity index (χ0) is 13.3. The standard InChI is InChI=1S/C8H8N4O4S2/c1-4-6(5(7(13)14)11-10-4)18(15,16)12-8-9-2-3-17-8/h2-3H,1H3,(H,9,12)(H,10,11)(H,13,14). The molecule has 0 amide bonds. The normalized spacial score (nSPS) is 11.4. The van der Waals surface area contributed by atoms with Gasteiger partial charge in [0.05, 0.1) is 5.69 Å². The van der Waals surface area contributed by atoms with Crippen LogP contribution in [0.15, 0.2) is 16.5 Å². The fraction of sp³-hybridized carbons (Fsp3) is 0.125. The lowest BCUT2D eigenvalue weighted by atomic mass is 10.4. The molecular weight excluding hydrogens is 280 g/mol. The molecule has 2 aromatic heterocycles. The van der Waals surface area contributed by atoms with Crippen LogP contribution in [0.4, 0.5) is 5.13 Å². The third-order valence-electron chi connectivity index (χ3n) is 2.02. The minimum atomic E-state index is -4.02. The van der Waals surface area contributed by atoms with E-state index < -0.39 is 21.7 Å². The van der Waals surface area contributed by atoms with Gasteiger partial charge in [0.15, 0.2) is 10.8 Å². The Bertz CT molecular complexity index is 674. The van der Waals surface area contributed by atoms with Crippen molar-refractivity contribution in [2.75, 3.05) is 4.72 Å². The van der Waals surface area contributed by atoms with Crippen LogP contribution in [0.25, 0.3) is 0 Å². The Morgan fingerprint density at radius 2 is 2.28 bits per heavy atom. The molecule has 0 bridgehead atoms. The summed E-state index contributed by atoms with van der Waals surface area (Å²) in [7, 11) is -4.02. The van der Waals surface area contributed by atoms with Crippen molar-refractivity contribution in [2.24, 2.45) is 0 Å². The molecule has 18 heavy (non-hydrogen) atoms. The van der Waals surface area contributed by atoms with Gasteiger partial charge in [-0.15, -0.1) is 11.3 Å². The summed E-state index contributed by atoms with van der Waals surface area (Å²) in [5.74, 6) is -1.42. The zero-order valence-electron chi connectivity index (χ0n) is 9.04. The number of rotatable bonds is 4. The number of aromatic carboxylic acids is 1. The van der Waals surface area contributed by atoms with Gasteiger partial charge < -0.3 is 5.11 Å². The number of carboxylic acid groups (broad SMARTS) is 1. The number of aromatic nitrogens is 3. The minimum absolute atomic E-state index is 0.149. The molecule has 0 aliphatic heterocycles. The third kappa shape index (κ3) is 2.19. The molecule has 0 aromatic carbocycles. The minimum Gasteiger partial charge on any atom is -0.476 e. The van der Waals surface area contributed by atoms with Gasteiger partial charge in [-0.1, -0.05) is 0 Å². The quantitative estimate of drug-likeness (QED) is 0.759. The van der Waals surface area contributed by atoms with Gasteiger partial charge in [0.1, 0.15) is 4.90 Å². The number of sulfonamides is 1. The van der Waals surface area contributed by atoms with Gasteiger partial charge in [-0.3, -0.25) is 9.82 Å². The number of nitrogens with zero attached hydrogens (tertiary/aromatic N) is 2. The van der Waals surface area contributed by atoms with E-state index >= 15 is 0 Å². The first-order valence-electron chi connectivity index (χ1n) is 4.62. The number of carbonyl (C=O) groups is 1. The molecule has 8 nitrogen and oxygen atoms in total. The Balaban J connectivity index is 2.47. The summed E-state index contributed by atoms with van der Waals surface area (Å²) in [5.41, 5.74) is -0.395. The summed E-state index contributed by atoms with van der Waals surface area (Å²) in [6.07, 6.45) is 1.43. The molecule has 2 aromatic rings. The molecule has 96 valence electrons. The highest BCUT2D eigenvalue weighted by Gasteiger charge is 2.28. The molecule has 0 atom stereocenters. The van der Waals surface area contributed by atoms with Crippen LogP contribution in [0.2, 0.25) is 0 Å². The summed E-state index contributed by atoms with van der Waals surface area (Å²) in [6.45, 7) is 1.43. The predicted molar refractivity (Wildman–Crippen MR) is 63.2 cm³/mol. The van der Waals surface area contributed by atoms with Crippen molar-refractivity contribution >= 4 is 32.5 Å². The summed E-state index contributed by atoms with van der Waals surface area (Å²) in [6, 6.07) is 0. The number of H-pyrrole nitrogens is 1. The fourth-order valence-corrected chi connectivity index (χ4v) is 3.45. The van der Waals surface area contributed by atoms with Gasteiger partial charge >= 0.3 is 5.97 Å². The van der Waals surface area contributed by atoms with Crippen molar-refractivity contribution in [1.82, 2.24) is 15.2 Å². The molecule has 2 rings (SSSR count). The van der Waals surface area contributed by atoms with E-state index in [1.807, 2.05) is 0 Å². The SMILES string of the molecule is Cc1[nH]nc(C(=O)O)c1S(=O)(=O)Nc1nccs1. The van der Waals surface area contributed by atoms with E-state index in [4.69, 9.17) is 5.11 Å². The maximum absolute atomic E-state index is 12.0. The second-order valence-corrected chi connectivity index (χ2v) is 5.79. The van der Waals surface area contributed by atoms with E-state index in [0.29, 0.717) is 0 Å². The molecule has 3 N–H and O–H groups in total. The number of hydrogen-bond acceptors (Lipinski definition) is 6. The molecule has 0 aliphatic carbocycles. The summed E-state index contributed by atoms with van der Waals surface area (Å²) >= 11 is 1.09. The first-order valence-corrected chi connectivity index (χ1v) is 6.98. The van der Waals surface area contributed by atoms with Crippen molar-refractivity contribution in [3.63, 3.8) is 0 Å². The topological polar surface area (TPSA) is 125 Å². The van der Waals surface area contributed by atoms with Gasteiger partial charge in [0.2, 0.25) is 0 Å². The second-order valence-electron chi connectivity index (χ2n) is 3.27. The zero-order valence-corrected chi connectivity index (χ0v) is 10.7. The highest BCUT2D eigenvalue weighted by Crippen LogP contribution is 2.22. The third-order valence-corrected chi connectivity index (χ3v) is 4.33. The Hall–Kier alpha value is -1.94. The van der Waals surface area contributed by atoms with Crippen molar-refractivity contribution in [2.45, 2.75) is 11.8 Å². The summed E-state index contributed by atoms with van der Waals surface area (Å²) in [5, 5.41) is 16.4. The Morgan fingerprint density at radius 3 is 2.83 bits per heavy atom. The Morgan fingerprint density at radius 1 is 1.56 bits per heavy atom. The number of thiazole rings is 1. The highest BCUT2D eigenvalue weighted by molar-refractivity contribution is 7.93. The van der Waals surface area contributed by atoms with Gasteiger partial charge in [-0.25, -0.2) is 18.2 Å². The molecule has 0 saturated carbocycles. The van der Waals surface area contributed by atoms with E-state index in [0.717, 1.165) is 11.3 Å². The van der Waals surface area contributed by atoms with Crippen LogP contribution in [0, 0.1) is 6.92 Å². The van der Waals surface area contributed by atoms with Crippen LogP contribution in [0.1, 0.15) is 16.2 Å². The van der Waals surface area contributed by atoms with Crippen LogP contribution >= 0.6 is 11.3 Å². The molecule has 0 aliphatic rings. The largest absolute Gasteiger partial charge is 0.476 e. The van der Waals surface area contributed by atoms with Crippen molar-refractivity contribution in [3.05, 3.63) is 23.0 Å². The maximum Gasteiger partial charge on any atom is 0.357 e. The van der Waals surface area contributed by atoms with Gasteiger partial charge in [-0.05, 0) is 6.92 Å². The highest BCUT2D eigenvalue weighted by atomic mass is 32.2. The summed E-state index contributed by atoms with van der Waals surface area (Å²) in [4.78, 5) is 14.3. The van der Waals surface area contributed by atoms with Crippen molar-refractivity contribution in [1.29, 1.82) is 0 Å². The molecule has 2 heterocycles.